The van der Waals surface area contributed by atoms with E-state index in [1.807, 2.05) is 65.0 Å². The molecule has 0 aliphatic carbocycles. The van der Waals surface area contributed by atoms with Gasteiger partial charge in [0, 0.05) is 42.0 Å². The van der Waals surface area contributed by atoms with E-state index in [2.05, 4.69) is 50.8 Å². The highest BCUT2D eigenvalue weighted by molar-refractivity contribution is 8.54. The van der Waals surface area contributed by atoms with E-state index >= 15 is 13.3 Å². The standard InChI is InChI=1S/C53H57BF2N16O11P2S/c1-2-39(75)69-21-30-10-5-6-11-32(30)42-45(33-12-7-8-13-34(33)69)72(68-67-42)19-9-3-4-14-37(73)59-20-38(74)66-31-17-15-29(16-18-31)24-86-85(77)79-23-36-46(40(55)52(81-36)70-27-64-43-48(57)60-25-62-50(43)70)82-84(54,76)78-22-35-47(83-85)41(56)53(80-35)71-28-65-44-49(58)61-26-63-51(44)71/h5-8,10-13,15-18,25-28,35-36,40-41,46-47,52-53H,2-4,9,14,19-24,54H2,1H3,(H,59,73)(H,66,74)(H2,57,60,62)(H2,58,61,63)/t35-,36-,40-,41-,46-,47-,52-,53-,84+,85+/m1/s1. The van der Waals surface area contributed by atoms with Crippen molar-refractivity contribution < 1.29 is 59.9 Å². The molecule has 0 unspecified atom stereocenters. The number of nitrogens with zero attached hydrogens (tertiary/aromatic N) is 12. The topological polar surface area (TPSA) is 338 Å². The Morgan fingerprint density at radius 1 is 0.756 bits per heavy atom. The van der Waals surface area contributed by atoms with Gasteiger partial charge in [-0.15, -0.1) is 5.10 Å². The number of benzene rings is 3. The molecule has 0 saturated carbocycles. The number of hydrogen-bond acceptors (Lipinski definition) is 22. The molecule has 86 heavy (non-hydrogen) atoms. The van der Waals surface area contributed by atoms with Crippen LogP contribution in [0.15, 0.2) is 98.1 Å². The Morgan fingerprint density at radius 2 is 1.38 bits per heavy atom. The molecule has 448 valence electrons. The highest BCUT2D eigenvalue weighted by Crippen LogP contribution is 2.65. The average molecular weight is 1240 g/mol. The zero-order valence-corrected chi connectivity index (χ0v) is 48.8. The number of imidazole rings is 2. The first-order valence-corrected chi connectivity index (χ1v) is 32.7. The lowest BCUT2D eigenvalue weighted by Crippen LogP contribution is -2.37. The molecule has 6 N–H and O–H groups in total. The smallest absolute Gasteiger partial charge is 0.382 e. The van der Waals surface area contributed by atoms with Crippen molar-refractivity contribution in [3.63, 3.8) is 0 Å². The fraction of sp³-hybridized carbons (Fsp3) is 0.377. The van der Waals surface area contributed by atoms with Gasteiger partial charge in [-0.2, -0.15) is 0 Å². The lowest BCUT2D eigenvalue weighted by atomic mass is 9.95. The van der Waals surface area contributed by atoms with E-state index in [9.17, 15) is 18.9 Å². The number of unbranched alkanes of at least 4 members (excludes halogenated alkanes) is 2. The van der Waals surface area contributed by atoms with Crippen molar-refractivity contribution in [1.29, 1.82) is 0 Å². The van der Waals surface area contributed by atoms with Gasteiger partial charge in [-0.05, 0) is 53.5 Å². The summed E-state index contributed by atoms with van der Waals surface area (Å²) in [5.74, 6) is -0.781. The number of amides is 3. The fourth-order valence-corrected chi connectivity index (χ4v) is 15.3. The van der Waals surface area contributed by atoms with Gasteiger partial charge in [0.05, 0.1) is 50.3 Å². The predicted octanol–water partition coefficient (Wildman–Crippen LogP) is 6.40. The molecule has 0 radical (unpaired) electrons. The number of nitrogens with two attached hydrogens (primary N) is 2. The van der Waals surface area contributed by atoms with Gasteiger partial charge in [0.2, 0.25) is 17.7 Å². The predicted molar refractivity (Wildman–Crippen MR) is 313 cm³/mol. The number of alkyl halides is 2. The number of anilines is 4. The minimum atomic E-state index is -4.57. The lowest BCUT2D eigenvalue weighted by molar-refractivity contribution is -0.124. The van der Waals surface area contributed by atoms with Crippen LogP contribution in [0.25, 0.3) is 44.8 Å². The second-order valence-corrected chi connectivity index (χ2v) is 26.8. The second kappa shape index (κ2) is 24.6. The Hall–Kier alpha value is -7.60. The third-order valence-corrected chi connectivity index (χ3v) is 19.9. The average Bonchev–Trinajstić information content (AvgIpc) is 1.92. The molecular weight excluding hydrogens is 1180 g/mol. The molecule has 5 aromatic heterocycles. The summed E-state index contributed by atoms with van der Waals surface area (Å²) in [5.41, 5.74) is 18.6. The second-order valence-electron chi connectivity index (χ2n) is 20.8. The Bertz CT molecular complexity index is 3960. The molecule has 27 nitrogen and oxygen atoms in total. The van der Waals surface area contributed by atoms with E-state index in [1.165, 1.54) is 34.4 Å². The molecule has 3 fully saturated rings. The van der Waals surface area contributed by atoms with Crippen molar-refractivity contribution >= 4 is 96.3 Å². The largest absolute Gasteiger partial charge is 0.389 e. The molecule has 0 bridgehead atoms. The molecule has 33 heteroatoms. The van der Waals surface area contributed by atoms with Crippen LogP contribution in [-0.4, -0.2) is 136 Å². The molecule has 3 saturated heterocycles. The van der Waals surface area contributed by atoms with Crippen molar-refractivity contribution in [2.75, 3.05) is 41.4 Å². The Balaban J connectivity index is 0.675. The number of aromatic nitrogens is 11. The molecular formula is C53H57BF2N16O11P2S. The van der Waals surface area contributed by atoms with Crippen LogP contribution in [0.2, 0.25) is 0 Å². The summed E-state index contributed by atoms with van der Waals surface area (Å²) < 4.78 is 103. The molecule has 3 amide bonds. The number of nitrogen functional groups attached to an aromatic ring is 2. The quantitative estimate of drug-likeness (QED) is 0.0490. The zero-order valence-electron chi connectivity index (χ0n) is 46.2. The van der Waals surface area contributed by atoms with E-state index in [0.29, 0.717) is 61.4 Å². The summed E-state index contributed by atoms with van der Waals surface area (Å²) in [7, 11) is -3.12. The fourth-order valence-electron chi connectivity index (χ4n) is 10.8. The monoisotopic (exact) mass is 1240 g/mol. The van der Waals surface area contributed by atoms with Gasteiger partial charge in [0.15, 0.2) is 47.7 Å². The van der Waals surface area contributed by atoms with Gasteiger partial charge in [0.1, 0.15) is 53.8 Å². The first-order valence-electron chi connectivity index (χ1n) is 27.6. The maximum atomic E-state index is 17.0. The summed E-state index contributed by atoms with van der Waals surface area (Å²) in [6.07, 6.45) is -6.06. The molecule has 10 atom stereocenters. The van der Waals surface area contributed by atoms with Gasteiger partial charge in [-0.25, -0.2) is 47.9 Å². The Labute approximate surface area is 493 Å². The van der Waals surface area contributed by atoms with Gasteiger partial charge < -0.3 is 45.5 Å². The number of hydrogen-bond donors (Lipinski definition) is 4. The van der Waals surface area contributed by atoms with E-state index < -0.39 is 82.6 Å². The summed E-state index contributed by atoms with van der Waals surface area (Å²) in [6.45, 7) is -3.41. The van der Waals surface area contributed by atoms with Crippen molar-refractivity contribution in [3.8, 4) is 22.5 Å². The third kappa shape index (κ3) is 12.0. The number of fused-ring (bicyclic) bond motifs is 9. The van der Waals surface area contributed by atoms with Crippen molar-refractivity contribution in [3.05, 3.63) is 109 Å². The summed E-state index contributed by atoms with van der Waals surface area (Å²) >= 11 is 0.685. The number of para-hydroxylation sites is 1. The van der Waals surface area contributed by atoms with Crippen molar-refractivity contribution in [1.82, 2.24) is 59.3 Å². The summed E-state index contributed by atoms with van der Waals surface area (Å²) in [6, 6.07) is 22.2. The van der Waals surface area contributed by atoms with E-state index in [-0.39, 0.29) is 64.5 Å². The number of carbonyl (C=O) groups excluding carboxylic acids is 3. The molecule has 4 aliphatic rings. The molecule has 8 aromatic rings. The van der Waals surface area contributed by atoms with E-state index in [4.69, 9.17) is 39.0 Å². The number of carbonyl (C=O) groups is 3. The van der Waals surface area contributed by atoms with Crippen molar-refractivity contribution in [2.45, 2.75) is 107 Å². The minimum absolute atomic E-state index is 0.00569. The lowest BCUT2D eigenvalue weighted by Gasteiger charge is -2.30. The van der Waals surface area contributed by atoms with Crippen LogP contribution in [0.1, 0.15) is 62.6 Å². The van der Waals surface area contributed by atoms with E-state index in [1.54, 1.807) is 24.3 Å². The number of rotatable bonds is 15. The minimum Gasteiger partial charge on any atom is -0.382 e. The van der Waals surface area contributed by atoms with Crippen LogP contribution in [-0.2, 0) is 69.9 Å². The molecule has 4 aliphatic heterocycles. The van der Waals surface area contributed by atoms with Gasteiger partial charge in [-0.3, -0.25) is 37.1 Å². The summed E-state index contributed by atoms with van der Waals surface area (Å²) in [5, 5.41) is 14.6. The van der Waals surface area contributed by atoms with Gasteiger partial charge >= 0.3 is 6.80 Å². The van der Waals surface area contributed by atoms with Crippen LogP contribution in [0.4, 0.5) is 31.8 Å². The number of ether oxygens (including phenoxy) is 2. The summed E-state index contributed by atoms with van der Waals surface area (Å²) in [4.78, 5) is 65.8. The van der Waals surface area contributed by atoms with Crippen molar-refractivity contribution in [2.24, 2.45) is 0 Å². The Kier molecular flexibility index (Phi) is 16.8. The number of halogens is 2. The van der Waals surface area contributed by atoms with Crippen LogP contribution < -0.4 is 27.0 Å². The molecule has 3 aromatic carbocycles. The first kappa shape index (κ1) is 58.8. The highest BCUT2D eigenvalue weighted by atomic mass is 32.7. The van der Waals surface area contributed by atoms with Gasteiger partial charge in [0.25, 0.3) is 15.0 Å². The van der Waals surface area contributed by atoms with Crippen LogP contribution in [0.5, 0.6) is 0 Å². The Morgan fingerprint density at radius 3 is 2.06 bits per heavy atom. The zero-order chi connectivity index (χ0) is 59.9. The number of aryl methyl sites for hydroxylation is 1. The maximum absolute atomic E-state index is 17.0. The van der Waals surface area contributed by atoms with E-state index in [0.717, 1.165) is 41.3 Å². The molecule has 12 rings (SSSR count). The molecule has 9 heterocycles. The van der Waals surface area contributed by atoms with Crippen LogP contribution >= 0.6 is 25.7 Å². The third-order valence-electron chi connectivity index (χ3n) is 15.0. The van der Waals surface area contributed by atoms with Crippen LogP contribution in [0.3, 0.4) is 0 Å². The molecule has 0 spiro atoms. The number of nitrogens with one attached hydrogen (secondary N) is 2. The first-order chi connectivity index (χ1) is 41.5. The SMILES string of the molecule is B[P@]1(=O)OC[C@H]2O[C@@H](n3cnc4c(N)ncnc43)[C@H](F)[C@@H]2O[P@@](=O)(SCc2ccc(NC(=O)CNC(=O)CCCCCn3nnc4c3-c3ccccc3N(C(=O)CC)Cc3ccccc3-4)cc2)OC[C@H]2O[C@@H](n3cnc4c(N)ncnc43)[C@H](F)[C@@H]2O1. The van der Waals surface area contributed by atoms with Crippen LogP contribution in [0, 0.1) is 0 Å². The highest BCUT2D eigenvalue weighted by Gasteiger charge is 2.55. The van der Waals surface area contributed by atoms with Gasteiger partial charge in [-0.1, -0.05) is 73.2 Å². The normalized spacial score (nSPS) is 25.6. The maximum Gasteiger partial charge on any atom is 0.389 e.